The molecule has 220 valence electrons. The van der Waals surface area contributed by atoms with Crippen molar-refractivity contribution in [1.29, 1.82) is 0 Å². The number of hydrogen-bond donors (Lipinski definition) is 0. The van der Waals surface area contributed by atoms with Gasteiger partial charge in [0.25, 0.3) is 0 Å². The van der Waals surface area contributed by atoms with Gasteiger partial charge >= 0.3 is 0 Å². The highest BCUT2D eigenvalue weighted by atomic mass is 16.3. The Morgan fingerprint density at radius 1 is 0.298 bits per heavy atom. The maximum absolute atomic E-state index is 6.13. The highest BCUT2D eigenvalue weighted by Crippen LogP contribution is 2.35. The lowest BCUT2D eigenvalue weighted by molar-refractivity contribution is 0.669. The molecule has 2 aromatic heterocycles. The van der Waals surface area contributed by atoms with Crippen molar-refractivity contribution in [2.45, 2.75) is 0 Å². The largest absolute Gasteiger partial charge is 0.456 e. The van der Waals surface area contributed by atoms with Gasteiger partial charge in [-0.25, -0.2) is 15.0 Å². The zero-order valence-electron chi connectivity index (χ0n) is 25.3. The minimum Gasteiger partial charge on any atom is -0.456 e. The summed E-state index contributed by atoms with van der Waals surface area (Å²) in [5, 5.41) is 4.57. The quantitative estimate of drug-likeness (QED) is 0.197. The molecule has 0 atom stereocenters. The highest BCUT2D eigenvalue weighted by Gasteiger charge is 2.14. The number of fused-ring (bicyclic) bond motifs is 4. The van der Waals surface area contributed by atoms with Crippen LogP contribution in [0.25, 0.3) is 89.1 Å². The number of nitrogens with zero attached hydrogens (tertiary/aromatic N) is 3. The molecule has 0 radical (unpaired) electrons. The van der Waals surface area contributed by atoms with E-state index in [0.29, 0.717) is 17.5 Å². The Labute approximate surface area is 271 Å². The summed E-state index contributed by atoms with van der Waals surface area (Å²) in [5.74, 6) is 1.91. The first-order valence-electron chi connectivity index (χ1n) is 15.7. The van der Waals surface area contributed by atoms with Crippen LogP contribution in [0, 0.1) is 0 Å². The molecule has 0 saturated heterocycles. The molecular formula is C43H27N3O. The third kappa shape index (κ3) is 5.02. The number of para-hydroxylation sites is 1. The van der Waals surface area contributed by atoms with E-state index >= 15 is 0 Å². The van der Waals surface area contributed by atoms with E-state index < -0.39 is 0 Å². The minimum absolute atomic E-state index is 0.633. The number of rotatable bonds is 5. The molecule has 2 heterocycles. The van der Waals surface area contributed by atoms with Crippen molar-refractivity contribution in [3.63, 3.8) is 0 Å². The Kier molecular flexibility index (Phi) is 6.43. The van der Waals surface area contributed by atoms with E-state index in [9.17, 15) is 0 Å². The van der Waals surface area contributed by atoms with Crippen molar-refractivity contribution < 1.29 is 4.42 Å². The average Bonchev–Trinajstić information content (AvgIpc) is 3.51. The molecule has 0 saturated carbocycles. The predicted molar refractivity (Wildman–Crippen MR) is 192 cm³/mol. The van der Waals surface area contributed by atoms with Gasteiger partial charge in [-0.1, -0.05) is 127 Å². The third-order valence-electron chi connectivity index (χ3n) is 8.69. The fraction of sp³-hybridized carbons (Fsp3) is 0. The number of hydrogen-bond acceptors (Lipinski definition) is 4. The molecule has 47 heavy (non-hydrogen) atoms. The first-order valence-corrected chi connectivity index (χ1v) is 15.7. The zero-order chi connectivity index (χ0) is 31.2. The van der Waals surface area contributed by atoms with Gasteiger partial charge in [0, 0.05) is 27.5 Å². The van der Waals surface area contributed by atoms with Gasteiger partial charge in [-0.2, -0.15) is 0 Å². The van der Waals surface area contributed by atoms with E-state index in [2.05, 4.69) is 115 Å². The van der Waals surface area contributed by atoms with Gasteiger partial charge in [-0.15, -0.1) is 0 Å². The third-order valence-corrected chi connectivity index (χ3v) is 8.69. The van der Waals surface area contributed by atoms with Gasteiger partial charge in [0.15, 0.2) is 17.5 Å². The Morgan fingerprint density at radius 3 is 1.53 bits per heavy atom. The fourth-order valence-electron chi connectivity index (χ4n) is 6.30. The Balaban J connectivity index is 1.15. The first-order chi connectivity index (χ1) is 23.2. The minimum atomic E-state index is 0.633. The van der Waals surface area contributed by atoms with E-state index in [1.54, 1.807) is 0 Å². The Bertz CT molecular complexity index is 2570. The summed E-state index contributed by atoms with van der Waals surface area (Å²) < 4.78 is 6.13. The monoisotopic (exact) mass is 601 g/mol. The molecule has 0 bridgehead atoms. The Morgan fingerprint density at radius 2 is 0.830 bits per heavy atom. The summed E-state index contributed by atoms with van der Waals surface area (Å²) in [5.41, 5.74) is 9.11. The summed E-state index contributed by atoms with van der Waals surface area (Å²) in [4.78, 5) is 15.0. The van der Waals surface area contributed by atoms with Crippen LogP contribution in [0.5, 0.6) is 0 Å². The molecule has 9 rings (SSSR count). The summed E-state index contributed by atoms with van der Waals surface area (Å²) in [6.45, 7) is 0. The van der Waals surface area contributed by atoms with Gasteiger partial charge in [-0.3, -0.25) is 0 Å². The Hall–Kier alpha value is -6.39. The second-order valence-corrected chi connectivity index (χ2v) is 11.7. The van der Waals surface area contributed by atoms with Crippen LogP contribution in [-0.4, -0.2) is 15.0 Å². The molecule has 7 aromatic carbocycles. The molecule has 4 heteroatoms. The van der Waals surface area contributed by atoms with Crippen molar-refractivity contribution in [2.75, 3.05) is 0 Å². The van der Waals surface area contributed by atoms with E-state index in [-0.39, 0.29) is 0 Å². The van der Waals surface area contributed by atoms with Crippen molar-refractivity contribution >= 4 is 32.7 Å². The van der Waals surface area contributed by atoms with Gasteiger partial charge in [0.1, 0.15) is 11.2 Å². The zero-order valence-corrected chi connectivity index (χ0v) is 25.3. The van der Waals surface area contributed by atoms with E-state index in [1.165, 1.54) is 5.39 Å². The van der Waals surface area contributed by atoms with E-state index in [1.807, 2.05) is 48.5 Å². The molecule has 0 aliphatic rings. The summed E-state index contributed by atoms with van der Waals surface area (Å²) in [6.07, 6.45) is 0. The number of benzene rings is 7. The van der Waals surface area contributed by atoms with Crippen LogP contribution < -0.4 is 0 Å². The van der Waals surface area contributed by atoms with Gasteiger partial charge in [0.2, 0.25) is 0 Å². The topological polar surface area (TPSA) is 51.8 Å². The van der Waals surface area contributed by atoms with Gasteiger partial charge < -0.3 is 4.42 Å². The van der Waals surface area contributed by atoms with Crippen LogP contribution in [-0.2, 0) is 0 Å². The van der Waals surface area contributed by atoms with Gasteiger partial charge in [-0.05, 0) is 69.4 Å². The predicted octanol–water partition coefficient (Wildman–Crippen LogP) is 11.3. The lowest BCUT2D eigenvalue weighted by Gasteiger charge is -2.11. The normalized spacial score (nSPS) is 11.4. The molecule has 4 nitrogen and oxygen atoms in total. The second kappa shape index (κ2) is 11.2. The van der Waals surface area contributed by atoms with Crippen molar-refractivity contribution in [2.24, 2.45) is 0 Å². The lowest BCUT2D eigenvalue weighted by Crippen LogP contribution is -2.00. The molecular weight excluding hydrogens is 574 g/mol. The molecule has 0 amide bonds. The molecule has 0 aliphatic carbocycles. The molecule has 0 N–H and O–H groups in total. The number of aromatic nitrogens is 3. The molecule has 0 aliphatic heterocycles. The maximum atomic E-state index is 6.13. The molecule has 0 fully saturated rings. The lowest BCUT2D eigenvalue weighted by atomic mass is 9.98. The summed E-state index contributed by atoms with van der Waals surface area (Å²) >= 11 is 0. The van der Waals surface area contributed by atoms with Crippen LogP contribution in [0.4, 0.5) is 0 Å². The van der Waals surface area contributed by atoms with Crippen molar-refractivity contribution in [3.8, 4) is 56.4 Å². The van der Waals surface area contributed by atoms with Crippen LogP contribution >= 0.6 is 0 Å². The van der Waals surface area contributed by atoms with Crippen LogP contribution in [0.2, 0.25) is 0 Å². The van der Waals surface area contributed by atoms with Crippen LogP contribution in [0.15, 0.2) is 168 Å². The summed E-state index contributed by atoms with van der Waals surface area (Å²) in [6, 6.07) is 56.5. The van der Waals surface area contributed by atoms with Crippen LogP contribution in [0.3, 0.4) is 0 Å². The average molecular weight is 602 g/mol. The molecule has 9 aromatic rings. The van der Waals surface area contributed by atoms with E-state index in [4.69, 9.17) is 19.4 Å². The fourth-order valence-corrected chi connectivity index (χ4v) is 6.30. The molecule has 0 spiro atoms. The van der Waals surface area contributed by atoms with E-state index in [0.717, 1.165) is 66.3 Å². The SMILES string of the molecule is c1ccc(-c2cccc(-c3nc(-c4ccccc4)nc(-c4cccc(-c5ccc6cc7oc8ccccc8c7cc6c5)c4)n3)c2)cc1. The smallest absolute Gasteiger partial charge is 0.164 e. The standard InChI is InChI=1S/C43H27N3O/c1-3-11-28(12-4-1)30-15-9-17-34(23-30)42-44-41(29-13-5-2-6-14-29)45-43(46-42)35-18-10-16-31(24-35)32-21-22-33-27-40-38(26-36(33)25-32)37-19-7-8-20-39(37)47-40/h1-27H. The maximum Gasteiger partial charge on any atom is 0.164 e. The van der Waals surface area contributed by atoms with Crippen molar-refractivity contribution in [3.05, 3.63) is 164 Å². The van der Waals surface area contributed by atoms with Crippen LogP contribution in [0.1, 0.15) is 0 Å². The van der Waals surface area contributed by atoms with Crippen molar-refractivity contribution in [1.82, 2.24) is 15.0 Å². The second-order valence-electron chi connectivity index (χ2n) is 11.7. The molecule has 0 unspecified atom stereocenters. The number of furan rings is 1. The first kappa shape index (κ1) is 27.0. The van der Waals surface area contributed by atoms with Gasteiger partial charge in [0.05, 0.1) is 0 Å². The highest BCUT2D eigenvalue weighted by molar-refractivity contribution is 6.10. The summed E-state index contributed by atoms with van der Waals surface area (Å²) in [7, 11) is 0.